The quantitative estimate of drug-likeness (QED) is 0.814. The molecular weight excluding hydrogens is 252 g/mol. The summed E-state index contributed by atoms with van der Waals surface area (Å²) < 4.78 is 4.76. The second-order valence-electron chi connectivity index (χ2n) is 6.49. The average Bonchev–Trinajstić information content (AvgIpc) is 3.24. The fourth-order valence-electron chi connectivity index (χ4n) is 3.83. The summed E-state index contributed by atoms with van der Waals surface area (Å²) in [5, 5.41) is 3.02. The molecule has 2 fully saturated rings. The summed E-state index contributed by atoms with van der Waals surface area (Å²) in [6.45, 7) is 6.75. The number of nitrogens with one attached hydrogen (secondary N) is 1. The number of hydrogen-bond donors (Lipinski definition) is 1. The van der Waals surface area contributed by atoms with Gasteiger partial charge in [0.1, 0.15) is 0 Å². The van der Waals surface area contributed by atoms with Gasteiger partial charge in [-0.3, -0.25) is 4.90 Å². The van der Waals surface area contributed by atoms with E-state index in [0.29, 0.717) is 5.92 Å². The molecule has 0 radical (unpaired) electrons. The zero-order chi connectivity index (χ0) is 14.5. The summed E-state index contributed by atoms with van der Waals surface area (Å²) >= 11 is 0. The number of ether oxygens (including phenoxy) is 1. The summed E-state index contributed by atoms with van der Waals surface area (Å²) in [5.41, 5.74) is 0. The number of carbonyl (C=O) groups is 1. The molecule has 0 aromatic rings. The molecule has 4 heteroatoms. The monoisotopic (exact) mass is 282 g/mol. The molecule has 3 unspecified atom stereocenters. The minimum Gasteiger partial charge on any atom is -0.453 e. The van der Waals surface area contributed by atoms with E-state index >= 15 is 0 Å². The topological polar surface area (TPSA) is 41.6 Å². The van der Waals surface area contributed by atoms with Crippen molar-refractivity contribution in [1.29, 1.82) is 0 Å². The number of nitrogens with zero attached hydrogens (tertiary/aromatic N) is 1. The van der Waals surface area contributed by atoms with Crippen LogP contribution in [-0.4, -0.2) is 43.3 Å². The molecule has 3 atom stereocenters. The maximum atomic E-state index is 11.5. The van der Waals surface area contributed by atoms with E-state index < -0.39 is 0 Å². The number of methoxy groups -OCH3 is 1. The van der Waals surface area contributed by atoms with E-state index in [1.165, 1.54) is 45.8 Å². The Morgan fingerprint density at radius 1 is 1.35 bits per heavy atom. The average molecular weight is 282 g/mol. The molecule has 4 nitrogen and oxygen atoms in total. The Morgan fingerprint density at radius 3 is 2.65 bits per heavy atom. The highest BCUT2D eigenvalue weighted by Gasteiger charge is 2.38. The van der Waals surface area contributed by atoms with Crippen LogP contribution in [0, 0.1) is 11.8 Å². The minimum atomic E-state index is -0.286. The van der Waals surface area contributed by atoms with Crippen LogP contribution in [0.4, 0.5) is 4.79 Å². The van der Waals surface area contributed by atoms with Crippen molar-refractivity contribution in [1.82, 2.24) is 10.2 Å². The van der Waals surface area contributed by atoms with Gasteiger partial charge >= 0.3 is 6.09 Å². The third-order valence-electron chi connectivity index (χ3n) is 4.82. The molecule has 0 aromatic carbocycles. The second kappa shape index (κ2) is 7.30. The van der Waals surface area contributed by atoms with Crippen LogP contribution in [0.15, 0.2) is 0 Å². The molecule has 20 heavy (non-hydrogen) atoms. The molecule has 2 aliphatic rings. The van der Waals surface area contributed by atoms with Gasteiger partial charge in [-0.15, -0.1) is 0 Å². The van der Waals surface area contributed by atoms with Crippen LogP contribution >= 0.6 is 0 Å². The van der Waals surface area contributed by atoms with E-state index in [4.69, 9.17) is 4.74 Å². The van der Waals surface area contributed by atoms with Crippen LogP contribution in [-0.2, 0) is 4.74 Å². The number of carbonyl (C=O) groups excluding carboxylic acids is 1. The Bertz CT molecular complexity index is 318. The highest BCUT2D eigenvalue weighted by molar-refractivity contribution is 5.67. The number of piperidine rings is 1. The lowest BCUT2D eigenvalue weighted by atomic mass is 9.88. The summed E-state index contributed by atoms with van der Waals surface area (Å²) in [7, 11) is 1.44. The highest BCUT2D eigenvalue weighted by atomic mass is 16.5. The Labute approximate surface area is 123 Å². The molecular formula is C16H30N2O2. The van der Waals surface area contributed by atoms with Gasteiger partial charge in [0.25, 0.3) is 0 Å². The number of rotatable bonds is 6. The van der Waals surface area contributed by atoms with Gasteiger partial charge in [0.05, 0.1) is 7.11 Å². The first kappa shape index (κ1) is 15.6. The molecule has 0 spiro atoms. The fourth-order valence-corrected chi connectivity index (χ4v) is 3.83. The molecule has 0 bridgehead atoms. The third-order valence-corrected chi connectivity index (χ3v) is 4.82. The molecule has 1 aliphatic heterocycles. The Hall–Kier alpha value is -0.770. The van der Waals surface area contributed by atoms with E-state index in [9.17, 15) is 4.79 Å². The number of amides is 1. The van der Waals surface area contributed by atoms with E-state index in [1.54, 1.807) is 0 Å². The van der Waals surface area contributed by atoms with Gasteiger partial charge in [0.2, 0.25) is 0 Å². The van der Waals surface area contributed by atoms with Crippen molar-refractivity contribution in [3.05, 3.63) is 0 Å². The number of hydrogen-bond acceptors (Lipinski definition) is 3. The minimum absolute atomic E-state index is 0.251. The lowest BCUT2D eigenvalue weighted by Gasteiger charge is -2.42. The zero-order valence-corrected chi connectivity index (χ0v) is 13.2. The molecule has 1 aliphatic carbocycles. The van der Waals surface area contributed by atoms with Crippen LogP contribution in [0.25, 0.3) is 0 Å². The van der Waals surface area contributed by atoms with Gasteiger partial charge in [-0.2, -0.15) is 0 Å². The van der Waals surface area contributed by atoms with Crippen molar-refractivity contribution in [3.63, 3.8) is 0 Å². The Morgan fingerprint density at radius 2 is 2.10 bits per heavy atom. The van der Waals surface area contributed by atoms with Crippen molar-refractivity contribution in [2.45, 2.75) is 64.5 Å². The third kappa shape index (κ3) is 4.11. The molecule has 1 N–H and O–H groups in total. The van der Waals surface area contributed by atoms with Gasteiger partial charge in [-0.05, 0) is 43.9 Å². The molecule has 2 rings (SSSR count). The second-order valence-corrected chi connectivity index (χ2v) is 6.49. The van der Waals surface area contributed by atoms with Crippen molar-refractivity contribution in [2.24, 2.45) is 11.8 Å². The summed E-state index contributed by atoms with van der Waals surface area (Å²) in [4.78, 5) is 14.1. The molecule has 1 amide bonds. The van der Waals surface area contributed by atoms with Gasteiger partial charge in [-0.25, -0.2) is 4.79 Å². The molecule has 1 heterocycles. The van der Waals surface area contributed by atoms with E-state index in [2.05, 4.69) is 24.1 Å². The summed E-state index contributed by atoms with van der Waals surface area (Å²) in [6.07, 6.45) is 7.31. The highest BCUT2D eigenvalue weighted by Crippen LogP contribution is 2.38. The lowest BCUT2D eigenvalue weighted by Crippen LogP contribution is -2.54. The predicted molar refractivity (Wildman–Crippen MR) is 80.7 cm³/mol. The molecule has 1 saturated heterocycles. The molecule has 116 valence electrons. The lowest BCUT2D eigenvalue weighted by molar-refractivity contribution is 0.0774. The first-order chi connectivity index (χ1) is 9.67. The standard InChI is InChI=1S/C16H30N2O2/c1-4-6-12-9-14(17-16(19)20-3)11-18(10-12)15(5-2)13-7-8-13/h12-15H,4-11H2,1-3H3,(H,17,19). The van der Waals surface area contributed by atoms with Gasteiger partial charge in [0.15, 0.2) is 0 Å². The number of likely N-dealkylation sites (tertiary alicyclic amines) is 1. The van der Waals surface area contributed by atoms with E-state index in [-0.39, 0.29) is 12.1 Å². The van der Waals surface area contributed by atoms with Crippen molar-refractivity contribution in [3.8, 4) is 0 Å². The van der Waals surface area contributed by atoms with Crippen molar-refractivity contribution >= 4 is 6.09 Å². The van der Waals surface area contributed by atoms with Crippen LogP contribution < -0.4 is 5.32 Å². The SMILES string of the molecule is CCCC1CC(NC(=O)OC)CN(C(CC)C2CC2)C1. The first-order valence-electron chi connectivity index (χ1n) is 8.26. The molecule has 0 aromatic heterocycles. The van der Waals surface area contributed by atoms with Gasteiger partial charge in [-0.1, -0.05) is 20.3 Å². The maximum absolute atomic E-state index is 11.5. The van der Waals surface area contributed by atoms with Gasteiger partial charge in [0, 0.05) is 25.2 Å². The zero-order valence-electron chi connectivity index (χ0n) is 13.2. The Balaban J connectivity index is 1.97. The van der Waals surface area contributed by atoms with E-state index in [0.717, 1.165) is 24.9 Å². The van der Waals surface area contributed by atoms with Crippen molar-refractivity contribution < 1.29 is 9.53 Å². The summed E-state index contributed by atoms with van der Waals surface area (Å²) in [6, 6.07) is 0.970. The predicted octanol–water partition coefficient (Wildman–Crippen LogP) is 3.02. The largest absolute Gasteiger partial charge is 0.453 e. The number of alkyl carbamates (subject to hydrolysis) is 1. The Kier molecular flexibility index (Phi) is 5.70. The van der Waals surface area contributed by atoms with Crippen LogP contribution in [0.2, 0.25) is 0 Å². The molecule has 1 saturated carbocycles. The summed E-state index contributed by atoms with van der Waals surface area (Å²) in [5.74, 6) is 1.61. The first-order valence-corrected chi connectivity index (χ1v) is 8.26. The van der Waals surface area contributed by atoms with E-state index in [1.807, 2.05) is 0 Å². The fraction of sp³-hybridized carbons (Fsp3) is 0.938. The smallest absolute Gasteiger partial charge is 0.407 e. The normalized spacial score (nSPS) is 28.9. The van der Waals surface area contributed by atoms with Crippen LogP contribution in [0.1, 0.15) is 52.4 Å². The van der Waals surface area contributed by atoms with Crippen LogP contribution in [0.3, 0.4) is 0 Å². The van der Waals surface area contributed by atoms with Crippen LogP contribution in [0.5, 0.6) is 0 Å². The maximum Gasteiger partial charge on any atom is 0.407 e. The van der Waals surface area contributed by atoms with Crippen molar-refractivity contribution in [2.75, 3.05) is 20.2 Å². The van der Waals surface area contributed by atoms with Gasteiger partial charge < -0.3 is 10.1 Å².